The molecule has 7 heteroatoms. The third-order valence-corrected chi connectivity index (χ3v) is 5.23. The number of amides is 1. The monoisotopic (exact) mass is 429 g/mol. The highest BCUT2D eigenvalue weighted by Gasteiger charge is 2.27. The number of rotatable bonds is 6. The fourth-order valence-electron chi connectivity index (χ4n) is 3.57. The Kier molecular flexibility index (Phi) is 6.56. The largest absolute Gasteiger partial charge is 0.328 e. The smallest absolute Gasteiger partial charge is 0.261 e. The van der Waals surface area contributed by atoms with E-state index in [-0.39, 0.29) is 22.9 Å². The molecule has 1 unspecified atom stereocenters. The van der Waals surface area contributed by atoms with Gasteiger partial charge in [-0.25, -0.2) is 9.37 Å². The second-order valence-corrected chi connectivity index (χ2v) is 8.16. The molecule has 5 nitrogen and oxygen atoms in total. The van der Waals surface area contributed by atoms with Gasteiger partial charge >= 0.3 is 0 Å². The van der Waals surface area contributed by atoms with Crippen LogP contribution in [0.5, 0.6) is 0 Å². The van der Waals surface area contributed by atoms with E-state index in [2.05, 4.69) is 0 Å². The number of fused-ring (bicyclic) bond motifs is 1. The van der Waals surface area contributed by atoms with E-state index < -0.39 is 11.9 Å². The van der Waals surface area contributed by atoms with Crippen molar-refractivity contribution < 1.29 is 9.18 Å². The molecule has 0 spiro atoms. The molecule has 1 aromatic heterocycles. The zero-order chi connectivity index (χ0) is 22.0. The summed E-state index contributed by atoms with van der Waals surface area (Å²) in [4.78, 5) is 32.7. The summed E-state index contributed by atoms with van der Waals surface area (Å²) in [6.07, 6.45) is 0. The third kappa shape index (κ3) is 4.38. The van der Waals surface area contributed by atoms with Crippen molar-refractivity contribution >= 4 is 28.4 Å². The summed E-state index contributed by atoms with van der Waals surface area (Å²) in [6.45, 7) is 8.54. The molecular weight excluding hydrogens is 405 g/mol. The number of aromatic nitrogens is 2. The lowest BCUT2D eigenvalue weighted by Crippen LogP contribution is -2.39. The van der Waals surface area contributed by atoms with Crippen molar-refractivity contribution in [1.29, 1.82) is 0 Å². The van der Waals surface area contributed by atoms with Crippen LogP contribution in [0.2, 0.25) is 5.02 Å². The van der Waals surface area contributed by atoms with Crippen LogP contribution in [-0.4, -0.2) is 26.9 Å². The van der Waals surface area contributed by atoms with Gasteiger partial charge in [-0.3, -0.25) is 14.2 Å². The summed E-state index contributed by atoms with van der Waals surface area (Å²) in [5.41, 5.74) is 0.591. The number of halogens is 2. The second kappa shape index (κ2) is 8.96. The number of hydrogen-bond donors (Lipinski definition) is 0. The standard InChI is InChI=1S/C23H25ClFN3O2/c1-5-27-21(26-20-10-9-17(24)12-19(20)23(27)30)15(4)28(13-14(2)3)22(29)16-7-6-8-18(25)11-16/h6-12,14-15H,5,13H2,1-4H3. The van der Waals surface area contributed by atoms with Gasteiger partial charge in [0, 0.05) is 23.7 Å². The molecule has 0 radical (unpaired) electrons. The summed E-state index contributed by atoms with van der Waals surface area (Å²) in [7, 11) is 0. The first-order valence-electron chi connectivity index (χ1n) is 9.99. The van der Waals surface area contributed by atoms with Gasteiger partial charge in [-0.15, -0.1) is 0 Å². The first-order valence-corrected chi connectivity index (χ1v) is 10.4. The normalized spacial score (nSPS) is 12.4. The fraction of sp³-hybridized carbons (Fsp3) is 0.348. The Morgan fingerprint density at radius 2 is 1.93 bits per heavy atom. The molecule has 30 heavy (non-hydrogen) atoms. The Bertz CT molecular complexity index is 1140. The minimum Gasteiger partial charge on any atom is -0.328 e. The van der Waals surface area contributed by atoms with Crippen molar-refractivity contribution in [3.63, 3.8) is 0 Å². The summed E-state index contributed by atoms with van der Waals surface area (Å²) in [5.74, 6) is -0.110. The zero-order valence-corrected chi connectivity index (χ0v) is 18.3. The third-order valence-electron chi connectivity index (χ3n) is 5.00. The molecule has 0 saturated heterocycles. The fourth-order valence-corrected chi connectivity index (χ4v) is 3.74. The Hall–Kier alpha value is -2.73. The van der Waals surface area contributed by atoms with Gasteiger partial charge in [-0.1, -0.05) is 31.5 Å². The molecule has 0 saturated carbocycles. The Morgan fingerprint density at radius 3 is 2.57 bits per heavy atom. The highest BCUT2D eigenvalue weighted by Crippen LogP contribution is 2.24. The summed E-state index contributed by atoms with van der Waals surface area (Å²) >= 11 is 6.06. The van der Waals surface area contributed by atoms with Crippen molar-refractivity contribution in [3.05, 3.63) is 75.0 Å². The summed E-state index contributed by atoms with van der Waals surface area (Å²) in [5, 5.41) is 0.903. The highest BCUT2D eigenvalue weighted by molar-refractivity contribution is 6.31. The molecule has 1 atom stereocenters. The van der Waals surface area contributed by atoms with Crippen molar-refractivity contribution in [2.24, 2.45) is 5.92 Å². The van der Waals surface area contributed by atoms with Crippen molar-refractivity contribution in [2.75, 3.05) is 6.54 Å². The van der Waals surface area contributed by atoms with Crippen LogP contribution in [0.4, 0.5) is 4.39 Å². The Morgan fingerprint density at radius 1 is 1.20 bits per heavy atom. The van der Waals surface area contributed by atoms with Crippen LogP contribution < -0.4 is 5.56 Å². The zero-order valence-electron chi connectivity index (χ0n) is 17.5. The van der Waals surface area contributed by atoms with Gasteiger partial charge in [0.1, 0.15) is 11.6 Å². The molecule has 0 aliphatic carbocycles. The molecule has 0 aliphatic rings. The molecule has 0 fully saturated rings. The van der Waals surface area contributed by atoms with E-state index in [0.29, 0.717) is 34.8 Å². The van der Waals surface area contributed by atoms with Gasteiger partial charge in [0.15, 0.2) is 0 Å². The van der Waals surface area contributed by atoms with E-state index in [1.54, 1.807) is 33.7 Å². The molecule has 0 bridgehead atoms. The van der Waals surface area contributed by atoms with Crippen molar-refractivity contribution in [2.45, 2.75) is 40.3 Å². The molecule has 0 N–H and O–H groups in total. The van der Waals surface area contributed by atoms with E-state index in [9.17, 15) is 14.0 Å². The lowest BCUT2D eigenvalue weighted by Gasteiger charge is -2.32. The van der Waals surface area contributed by atoms with Crippen LogP contribution in [0.15, 0.2) is 47.3 Å². The highest BCUT2D eigenvalue weighted by atomic mass is 35.5. The molecule has 2 aromatic carbocycles. The van der Waals surface area contributed by atoms with Crippen LogP contribution in [0.3, 0.4) is 0 Å². The van der Waals surface area contributed by atoms with Gasteiger partial charge in [0.05, 0.1) is 16.9 Å². The maximum atomic E-state index is 13.7. The predicted molar refractivity (Wildman–Crippen MR) is 117 cm³/mol. The quantitative estimate of drug-likeness (QED) is 0.549. The van der Waals surface area contributed by atoms with Crippen LogP contribution in [0, 0.1) is 11.7 Å². The Labute approximate surface area is 180 Å². The van der Waals surface area contributed by atoms with E-state index in [1.165, 1.54) is 18.2 Å². The first kappa shape index (κ1) is 22.0. The average molecular weight is 430 g/mol. The second-order valence-electron chi connectivity index (χ2n) is 7.72. The van der Waals surface area contributed by atoms with Gasteiger partial charge in [0.2, 0.25) is 0 Å². The van der Waals surface area contributed by atoms with Crippen LogP contribution in [0.25, 0.3) is 10.9 Å². The average Bonchev–Trinajstić information content (AvgIpc) is 2.71. The van der Waals surface area contributed by atoms with Crippen molar-refractivity contribution in [1.82, 2.24) is 14.5 Å². The van der Waals surface area contributed by atoms with Gasteiger partial charge < -0.3 is 4.90 Å². The molecule has 1 amide bonds. The first-order chi connectivity index (χ1) is 14.2. The molecule has 3 rings (SSSR count). The SMILES string of the molecule is CCn1c(C(C)N(CC(C)C)C(=O)c2cccc(F)c2)nc2ccc(Cl)cc2c1=O. The maximum Gasteiger partial charge on any atom is 0.261 e. The van der Waals surface area contributed by atoms with E-state index in [1.807, 2.05) is 27.7 Å². The van der Waals surface area contributed by atoms with Gasteiger partial charge in [-0.2, -0.15) is 0 Å². The van der Waals surface area contributed by atoms with Crippen LogP contribution in [-0.2, 0) is 6.54 Å². The molecule has 3 aromatic rings. The van der Waals surface area contributed by atoms with E-state index in [0.717, 1.165) is 0 Å². The number of nitrogens with zero attached hydrogens (tertiary/aromatic N) is 3. The van der Waals surface area contributed by atoms with Crippen molar-refractivity contribution in [3.8, 4) is 0 Å². The molecule has 0 aliphatic heterocycles. The lowest BCUT2D eigenvalue weighted by atomic mass is 10.1. The lowest BCUT2D eigenvalue weighted by molar-refractivity contribution is 0.0652. The molecular formula is C23H25ClFN3O2. The van der Waals surface area contributed by atoms with Crippen LogP contribution >= 0.6 is 11.6 Å². The summed E-state index contributed by atoms with van der Waals surface area (Å²) < 4.78 is 15.3. The number of hydrogen-bond acceptors (Lipinski definition) is 3. The number of carbonyl (C=O) groups is 1. The molecule has 158 valence electrons. The minimum absolute atomic E-state index is 0.172. The summed E-state index contributed by atoms with van der Waals surface area (Å²) in [6, 6.07) is 10.1. The van der Waals surface area contributed by atoms with E-state index >= 15 is 0 Å². The number of carbonyl (C=O) groups excluding carboxylic acids is 1. The maximum absolute atomic E-state index is 13.7. The van der Waals surface area contributed by atoms with Gasteiger partial charge in [0.25, 0.3) is 11.5 Å². The number of benzene rings is 2. The van der Waals surface area contributed by atoms with Crippen LogP contribution in [0.1, 0.15) is 49.9 Å². The van der Waals surface area contributed by atoms with E-state index in [4.69, 9.17) is 16.6 Å². The predicted octanol–water partition coefficient (Wildman–Crippen LogP) is 5.07. The Balaban J connectivity index is 2.13. The molecule has 1 heterocycles. The minimum atomic E-state index is -0.490. The topological polar surface area (TPSA) is 55.2 Å². The van der Waals surface area contributed by atoms with Gasteiger partial charge in [-0.05, 0) is 56.2 Å².